The average Bonchev–Trinajstić information content (AvgIpc) is 2.43. The van der Waals surface area contributed by atoms with Crippen molar-refractivity contribution in [2.45, 2.75) is 13.0 Å². The van der Waals surface area contributed by atoms with Gasteiger partial charge in [0.25, 0.3) is 0 Å². The molecule has 4 heteroatoms. The van der Waals surface area contributed by atoms with E-state index in [0.717, 1.165) is 16.9 Å². The van der Waals surface area contributed by atoms with Crippen molar-refractivity contribution in [2.24, 2.45) is 0 Å². The van der Waals surface area contributed by atoms with Gasteiger partial charge < -0.3 is 10.1 Å². The molecule has 1 aromatic heterocycles. The van der Waals surface area contributed by atoms with Crippen LogP contribution in [0.1, 0.15) is 24.1 Å². The van der Waals surface area contributed by atoms with E-state index in [0.29, 0.717) is 6.61 Å². The molecule has 0 saturated heterocycles. The number of ether oxygens (including phenoxy) is 1. The molecule has 1 atom stereocenters. The van der Waals surface area contributed by atoms with Gasteiger partial charge in [0, 0.05) is 23.5 Å². The summed E-state index contributed by atoms with van der Waals surface area (Å²) in [4.78, 5) is 8.13. The summed E-state index contributed by atoms with van der Waals surface area (Å²) in [5, 5.41) is 3.27. The van der Waals surface area contributed by atoms with Crippen molar-refractivity contribution >= 4 is 0 Å². The van der Waals surface area contributed by atoms with Crippen LogP contribution < -0.4 is 10.1 Å². The van der Waals surface area contributed by atoms with E-state index < -0.39 is 0 Å². The molecule has 0 aliphatic carbocycles. The third-order valence-corrected chi connectivity index (χ3v) is 2.73. The first-order valence-corrected chi connectivity index (χ1v) is 6.00. The van der Waals surface area contributed by atoms with Crippen molar-refractivity contribution in [1.29, 1.82) is 0 Å². The van der Waals surface area contributed by atoms with E-state index in [9.17, 15) is 0 Å². The molecule has 0 spiro atoms. The van der Waals surface area contributed by atoms with Crippen LogP contribution in [0, 0.1) is 0 Å². The van der Waals surface area contributed by atoms with Gasteiger partial charge in [-0.15, -0.1) is 0 Å². The molecular weight excluding hydrogens is 226 g/mol. The molecule has 0 radical (unpaired) electrons. The molecule has 1 heterocycles. The van der Waals surface area contributed by atoms with Crippen LogP contribution >= 0.6 is 0 Å². The molecule has 94 valence electrons. The number of nitrogens with zero attached hydrogens (tertiary/aromatic N) is 2. The fraction of sp³-hybridized carbons (Fsp3) is 0.286. The van der Waals surface area contributed by atoms with Crippen LogP contribution in [0.5, 0.6) is 5.75 Å². The van der Waals surface area contributed by atoms with Crippen molar-refractivity contribution in [2.75, 3.05) is 13.7 Å². The van der Waals surface area contributed by atoms with Crippen molar-refractivity contribution in [1.82, 2.24) is 15.3 Å². The van der Waals surface area contributed by atoms with Crippen molar-refractivity contribution in [3.63, 3.8) is 0 Å². The summed E-state index contributed by atoms with van der Waals surface area (Å²) in [6.45, 7) is 2.63. The van der Waals surface area contributed by atoms with E-state index in [1.807, 2.05) is 44.6 Å². The highest BCUT2D eigenvalue weighted by Crippen LogP contribution is 2.28. The molecule has 0 amide bonds. The Hall–Kier alpha value is -1.94. The van der Waals surface area contributed by atoms with E-state index in [1.54, 1.807) is 0 Å². The van der Waals surface area contributed by atoms with Gasteiger partial charge >= 0.3 is 0 Å². The van der Waals surface area contributed by atoms with Crippen molar-refractivity contribution in [3.05, 3.63) is 54.1 Å². The van der Waals surface area contributed by atoms with Crippen LogP contribution in [0.3, 0.4) is 0 Å². The van der Waals surface area contributed by atoms with Gasteiger partial charge in [0.1, 0.15) is 12.1 Å². The molecule has 0 fully saturated rings. The Kier molecular flexibility index (Phi) is 4.25. The highest BCUT2D eigenvalue weighted by molar-refractivity contribution is 5.40. The zero-order valence-electron chi connectivity index (χ0n) is 10.6. The molecule has 1 aromatic carbocycles. The monoisotopic (exact) mass is 243 g/mol. The Bertz CT molecular complexity index is 487. The lowest BCUT2D eigenvalue weighted by molar-refractivity contribution is 0.334. The maximum absolute atomic E-state index is 5.66. The summed E-state index contributed by atoms with van der Waals surface area (Å²) in [5.74, 6) is 0.892. The van der Waals surface area contributed by atoms with Crippen molar-refractivity contribution < 1.29 is 4.74 Å². The highest BCUT2D eigenvalue weighted by Gasteiger charge is 2.16. The van der Waals surface area contributed by atoms with E-state index in [-0.39, 0.29) is 6.04 Å². The normalized spacial score (nSPS) is 12.1. The third kappa shape index (κ3) is 2.65. The SMILES string of the molecule is CCOc1ccccc1C(NC)c1cncnc1. The number of nitrogens with one attached hydrogen (secondary N) is 1. The maximum atomic E-state index is 5.66. The summed E-state index contributed by atoms with van der Waals surface area (Å²) < 4.78 is 5.66. The van der Waals surface area contributed by atoms with Crippen LogP contribution in [-0.2, 0) is 0 Å². The summed E-state index contributed by atoms with van der Waals surface area (Å²) in [6, 6.07) is 8.05. The first-order chi connectivity index (χ1) is 8.86. The summed E-state index contributed by atoms with van der Waals surface area (Å²) in [5.41, 5.74) is 2.11. The van der Waals surface area contributed by atoms with E-state index in [4.69, 9.17) is 4.74 Å². The second-order valence-corrected chi connectivity index (χ2v) is 3.86. The fourth-order valence-corrected chi connectivity index (χ4v) is 1.97. The topological polar surface area (TPSA) is 47.0 Å². The lowest BCUT2D eigenvalue weighted by atomic mass is 10.0. The smallest absolute Gasteiger partial charge is 0.124 e. The van der Waals surface area contributed by atoms with Gasteiger partial charge in [-0.2, -0.15) is 0 Å². The molecule has 0 aliphatic rings. The van der Waals surface area contributed by atoms with Crippen molar-refractivity contribution in [3.8, 4) is 5.75 Å². The minimum Gasteiger partial charge on any atom is -0.494 e. The zero-order chi connectivity index (χ0) is 12.8. The quantitative estimate of drug-likeness (QED) is 0.874. The molecule has 18 heavy (non-hydrogen) atoms. The van der Waals surface area contributed by atoms with Crippen LogP contribution in [0.15, 0.2) is 43.0 Å². The van der Waals surface area contributed by atoms with Gasteiger partial charge in [-0.05, 0) is 20.0 Å². The predicted octanol–water partition coefficient (Wildman–Crippen LogP) is 2.18. The summed E-state index contributed by atoms with van der Waals surface area (Å²) in [6.07, 6.45) is 5.17. The summed E-state index contributed by atoms with van der Waals surface area (Å²) in [7, 11) is 1.92. The van der Waals surface area contributed by atoms with Gasteiger partial charge in [-0.25, -0.2) is 9.97 Å². The minimum absolute atomic E-state index is 0.0361. The average molecular weight is 243 g/mol. The van der Waals surface area contributed by atoms with Crippen LogP contribution in [0.25, 0.3) is 0 Å². The fourth-order valence-electron chi connectivity index (χ4n) is 1.97. The Balaban J connectivity index is 2.39. The van der Waals surface area contributed by atoms with Gasteiger partial charge in [0.05, 0.1) is 12.6 Å². The van der Waals surface area contributed by atoms with Gasteiger partial charge in [0.2, 0.25) is 0 Å². The predicted molar refractivity (Wildman–Crippen MR) is 70.5 cm³/mol. The number of benzene rings is 1. The zero-order valence-corrected chi connectivity index (χ0v) is 10.6. The van der Waals surface area contributed by atoms with E-state index in [1.165, 1.54) is 6.33 Å². The molecule has 1 N–H and O–H groups in total. The molecule has 0 saturated carbocycles. The van der Waals surface area contributed by atoms with Crippen LogP contribution in [-0.4, -0.2) is 23.6 Å². The Morgan fingerprint density at radius 3 is 2.61 bits per heavy atom. The number of hydrogen-bond acceptors (Lipinski definition) is 4. The van der Waals surface area contributed by atoms with Crippen LogP contribution in [0.2, 0.25) is 0 Å². The number of hydrogen-bond donors (Lipinski definition) is 1. The van der Waals surface area contributed by atoms with E-state index >= 15 is 0 Å². The van der Waals surface area contributed by atoms with Crippen LogP contribution in [0.4, 0.5) is 0 Å². The Morgan fingerprint density at radius 2 is 1.94 bits per heavy atom. The lowest BCUT2D eigenvalue weighted by Gasteiger charge is -2.19. The second kappa shape index (κ2) is 6.12. The van der Waals surface area contributed by atoms with Gasteiger partial charge in [-0.3, -0.25) is 0 Å². The number of para-hydroxylation sites is 1. The Morgan fingerprint density at radius 1 is 1.22 bits per heavy atom. The number of rotatable bonds is 5. The standard InChI is InChI=1S/C14H17N3O/c1-3-18-13-7-5-4-6-12(13)14(15-2)11-8-16-10-17-9-11/h4-10,14-15H,3H2,1-2H3. The molecule has 4 nitrogen and oxygen atoms in total. The highest BCUT2D eigenvalue weighted by atomic mass is 16.5. The third-order valence-electron chi connectivity index (χ3n) is 2.73. The molecule has 2 rings (SSSR count). The summed E-state index contributed by atoms with van der Waals surface area (Å²) >= 11 is 0. The number of aromatic nitrogens is 2. The molecule has 1 unspecified atom stereocenters. The van der Waals surface area contributed by atoms with Gasteiger partial charge in [0.15, 0.2) is 0 Å². The Labute approximate surface area is 107 Å². The lowest BCUT2D eigenvalue weighted by Crippen LogP contribution is -2.19. The molecule has 0 bridgehead atoms. The van der Waals surface area contributed by atoms with E-state index in [2.05, 4.69) is 21.4 Å². The minimum atomic E-state index is 0.0361. The first kappa shape index (κ1) is 12.5. The molecule has 0 aliphatic heterocycles. The first-order valence-electron chi connectivity index (χ1n) is 6.00. The molecule has 2 aromatic rings. The largest absolute Gasteiger partial charge is 0.494 e. The second-order valence-electron chi connectivity index (χ2n) is 3.86. The maximum Gasteiger partial charge on any atom is 0.124 e. The van der Waals surface area contributed by atoms with Gasteiger partial charge in [-0.1, -0.05) is 18.2 Å². The molecular formula is C14H17N3O.